The average Bonchev–Trinajstić information content (AvgIpc) is 1.63. The van der Waals surface area contributed by atoms with Gasteiger partial charge in [0.2, 0.25) is 0 Å². The minimum absolute atomic E-state index is 0.236. The predicted octanol–water partition coefficient (Wildman–Crippen LogP) is 1.92. The molecule has 0 aromatic rings. The van der Waals surface area contributed by atoms with Crippen molar-refractivity contribution in [3.05, 3.63) is 0 Å². The van der Waals surface area contributed by atoms with Crippen LogP contribution in [0.15, 0.2) is 0 Å². The molecule has 9 heavy (non-hydrogen) atoms. The first-order valence-corrected chi connectivity index (χ1v) is 3.51. The van der Waals surface area contributed by atoms with Crippen LogP contribution in [0.2, 0.25) is 0 Å². The van der Waals surface area contributed by atoms with E-state index in [0.29, 0.717) is 0 Å². The summed E-state index contributed by atoms with van der Waals surface area (Å²) in [4.78, 5) is 0. The van der Waals surface area contributed by atoms with Crippen molar-refractivity contribution in [1.29, 1.82) is 0 Å². The Balaban J connectivity index is 3.59. The van der Waals surface area contributed by atoms with Gasteiger partial charge in [0.15, 0.2) is 0 Å². The van der Waals surface area contributed by atoms with Crippen LogP contribution in [0.1, 0.15) is 0 Å². The van der Waals surface area contributed by atoms with Crippen LogP contribution < -0.4 is 0 Å². The third kappa shape index (κ3) is 7.70. The molecule has 4 heteroatoms. The van der Waals surface area contributed by atoms with Crippen molar-refractivity contribution in [1.82, 2.24) is 0 Å². The minimum atomic E-state index is -4.32. The fraction of sp³-hybridized carbons (Fsp3) is 0.600. The number of rotatable bonds is 1. The Morgan fingerprint density at radius 3 is 2.33 bits per heavy atom. The second-order valence-electron chi connectivity index (χ2n) is 1.23. The van der Waals surface area contributed by atoms with E-state index in [-0.39, 0.29) is 5.75 Å². The summed E-state index contributed by atoms with van der Waals surface area (Å²) in [5, 5.41) is 0. The van der Waals surface area contributed by atoms with E-state index in [0.717, 1.165) is 5.92 Å². The van der Waals surface area contributed by atoms with E-state index in [1.165, 1.54) is 11.8 Å². The van der Waals surface area contributed by atoms with Crippen LogP contribution in [0.4, 0.5) is 13.2 Å². The molecule has 52 valence electrons. The molecular weight excluding hydrogens is 149 g/mol. The molecule has 0 aliphatic heterocycles. The molecule has 0 unspecified atom stereocenters. The van der Waals surface area contributed by atoms with E-state index in [1.807, 2.05) is 5.92 Å². The van der Waals surface area contributed by atoms with Crippen molar-refractivity contribution < 1.29 is 13.2 Å². The van der Waals surface area contributed by atoms with Crippen LogP contribution in [0.5, 0.6) is 0 Å². The monoisotopic (exact) mass is 154 g/mol. The Morgan fingerprint density at radius 1 is 1.44 bits per heavy atom. The fourth-order valence-corrected chi connectivity index (χ4v) is 0.425. The van der Waals surface area contributed by atoms with Crippen molar-refractivity contribution in [3.8, 4) is 11.8 Å². The summed E-state index contributed by atoms with van der Waals surface area (Å²) >= 11 is 1.27. The zero-order valence-electron chi connectivity index (χ0n) is 4.75. The van der Waals surface area contributed by atoms with Gasteiger partial charge in [0.1, 0.15) is 0 Å². The van der Waals surface area contributed by atoms with Crippen LogP contribution in [0.25, 0.3) is 0 Å². The lowest BCUT2D eigenvalue weighted by molar-refractivity contribution is -0.0696. The van der Waals surface area contributed by atoms with E-state index in [4.69, 9.17) is 0 Å². The van der Waals surface area contributed by atoms with Crippen LogP contribution in [-0.4, -0.2) is 18.2 Å². The Morgan fingerprint density at radius 2 is 2.00 bits per heavy atom. The molecule has 0 N–H and O–H groups in total. The Labute approximate surface area is 55.8 Å². The van der Waals surface area contributed by atoms with Crippen LogP contribution >= 0.6 is 11.8 Å². The van der Waals surface area contributed by atoms with Crippen LogP contribution in [0, 0.1) is 11.8 Å². The largest absolute Gasteiger partial charge is 0.457 e. The van der Waals surface area contributed by atoms with Gasteiger partial charge in [0, 0.05) is 5.92 Å². The van der Waals surface area contributed by atoms with E-state index in [2.05, 4.69) is 0 Å². The third-order valence-corrected chi connectivity index (χ3v) is 0.880. The molecule has 0 rings (SSSR count). The molecule has 0 radical (unpaired) electrons. The molecule has 0 saturated carbocycles. The SMILES string of the molecule is CSCC#CC(F)(F)F. The third-order valence-electron chi connectivity index (χ3n) is 0.447. The molecule has 0 aliphatic rings. The molecule has 0 saturated heterocycles. The lowest BCUT2D eigenvalue weighted by Crippen LogP contribution is -2.01. The van der Waals surface area contributed by atoms with Gasteiger partial charge in [-0.3, -0.25) is 0 Å². The lowest BCUT2D eigenvalue weighted by atomic mass is 10.6. The van der Waals surface area contributed by atoms with Crippen LogP contribution in [0.3, 0.4) is 0 Å². The molecule has 0 heterocycles. The summed E-state index contributed by atoms with van der Waals surface area (Å²) in [5.74, 6) is 3.35. The first-order chi connectivity index (χ1) is 4.06. The molecule has 0 aliphatic carbocycles. The van der Waals surface area contributed by atoms with E-state index in [1.54, 1.807) is 6.26 Å². The normalized spacial score (nSPS) is 10.2. The summed E-state index contributed by atoms with van der Waals surface area (Å²) in [6.07, 6.45) is -2.62. The van der Waals surface area contributed by atoms with Gasteiger partial charge in [-0.2, -0.15) is 24.9 Å². The Bertz CT molecular complexity index is 127. The highest BCUT2D eigenvalue weighted by molar-refractivity contribution is 7.98. The second-order valence-corrected chi connectivity index (χ2v) is 2.10. The quantitative estimate of drug-likeness (QED) is 0.520. The van der Waals surface area contributed by atoms with Crippen molar-refractivity contribution in [2.45, 2.75) is 6.18 Å². The standard InChI is InChI=1S/C5H5F3S/c1-9-4-2-3-5(6,7)8/h4H2,1H3. The zero-order valence-corrected chi connectivity index (χ0v) is 5.57. The van der Waals surface area contributed by atoms with Gasteiger partial charge in [0.05, 0.1) is 5.75 Å². The highest BCUT2D eigenvalue weighted by atomic mass is 32.2. The van der Waals surface area contributed by atoms with Gasteiger partial charge in [-0.25, -0.2) is 0 Å². The highest BCUT2D eigenvalue weighted by Gasteiger charge is 2.22. The maximum absolute atomic E-state index is 11.2. The molecule has 0 amide bonds. The maximum atomic E-state index is 11.2. The van der Waals surface area contributed by atoms with E-state index >= 15 is 0 Å². The number of halogens is 3. The smallest absolute Gasteiger partial charge is 0.159 e. The predicted molar refractivity (Wildman–Crippen MR) is 32.2 cm³/mol. The molecular formula is C5H5F3S. The second kappa shape index (κ2) is 3.67. The van der Waals surface area contributed by atoms with Gasteiger partial charge in [-0.1, -0.05) is 5.92 Å². The van der Waals surface area contributed by atoms with Gasteiger partial charge < -0.3 is 0 Å². The summed E-state index contributed by atoms with van der Waals surface area (Å²) in [6.45, 7) is 0. The number of alkyl halides is 3. The molecule has 0 fully saturated rings. The molecule has 0 nitrogen and oxygen atoms in total. The molecule has 0 atom stereocenters. The Kier molecular flexibility index (Phi) is 3.55. The molecule has 0 spiro atoms. The fourth-order valence-electron chi connectivity index (χ4n) is 0.208. The summed E-state index contributed by atoms with van der Waals surface area (Å²) in [7, 11) is 0. The lowest BCUT2D eigenvalue weighted by Gasteiger charge is -1.90. The van der Waals surface area contributed by atoms with Gasteiger partial charge in [-0.15, -0.1) is 0 Å². The molecule has 0 aromatic heterocycles. The van der Waals surface area contributed by atoms with Gasteiger partial charge in [-0.05, 0) is 6.26 Å². The number of hydrogen-bond acceptors (Lipinski definition) is 1. The number of thioether (sulfide) groups is 1. The van der Waals surface area contributed by atoms with Gasteiger partial charge >= 0.3 is 6.18 Å². The first kappa shape index (κ1) is 8.70. The van der Waals surface area contributed by atoms with Crippen molar-refractivity contribution >= 4 is 11.8 Å². The Hall–Kier alpha value is -0.300. The molecule has 0 bridgehead atoms. The summed E-state index contributed by atoms with van der Waals surface area (Å²) in [6, 6.07) is 0. The average molecular weight is 154 g/mol. The topological polar surface area (TPSA) is 0 Å². The minimum Gasteiger partial charge on any atom is -0.159 e. The summed E-state index contributed by atoms with van der Waals surface area (Å²) < 4.78 is 33.6. The van der Waals surface area contributed by atoms with Crippen molar-refractivity contribution in [2.24, 2.45) is 0 Å². The summed E-state index contributed by atoms with van der Waals surface area (Å²) in [5.41, 5.74) is 0. The van der Waals surface area contributed by atoms with Crippen molar-refractivity contribution in [2.75, 3.05) is 12.0 Å². The van der Waals surface area contributed by atoms with E-state index in [9.17, 15) is 13.2 Å². The van der Waals surface area contributed by atoms with E-state index < -0.39 is 6.18 Å². The van der Waals surface area contributed by atoms with Gasteiger partial charge in [0.25, 0.3) is 0 Å². The highest BCUT2D eigenvalue weighted by Crippen LogP contribution is 2.11. The molecule has 0 aromatic carbocycles. The maximum Gasteiger partial charge on any atom is 0.457 e. The van der Waals surface area contributed by atoms with Crippen LogP contribution in [-0.2, 0) is 0 Å². The zero-order chi connectivity index (χ0) is 7.33. The van der Waals surface area contributed by atoms with Crippen molar-refractivity contribution in [3.63, 3.8) is 0 Å². The number of hydrogen-bond donors (Lipinski definition) is 0. The first-order valence-electron chi connectivity index (χ1n) is 2.12.